The molecule has 3 aromatic carbocycles. The predicted molar refractivity (Wildman–Crippen MR) is 99.4 cm³/mol. The van der Waals surface area contributed by atoms with Crippen molar-refractivity contribution in [2.75, 3.05) is 0 Å². The van der Waals surface area contributed by atoms with Gasteiger partial charge >= 0.3 is 0 Å². The van der Waals surface area contributed by atoms with Gasteiger partial charge in [-0.1, -0.05) is 24.3 Å². The summed E-state index contributed by atoms with van der Waals surface area (Å²) in [5.41, 5.74) is 3.56. The van der Waals surface area contributed by atoms with E-state index >= 15 is 0 Å². The second-order valence-electron chi connectivity index (χ2n) is 6.31. The summed E-state index contributed by atoms with van der Waals surface area (Å²) >= 11 is 0. The van der Waals surface area contributed by atoms with Gasteiger partial charge in [-0.15, -0.1) is 0 Å². The molecule has 0 aliphatic rings. The number of rotatable bonds is 4. The van der Waals surface area contributed by atoms with Gasteiger partial charge in [0.1, 0.15) is 11.6 Å². The fourth-order valence-electron chi connectivity index (χ4n) is 3.10. The molecule has 0 spiro atoms. The van der Waals surface area contributed by atoms with Crippen molar-refractivity contribution in [1.82, 2.24) is 10.3 Å². The Labute approximate surface area is 149 Å². The number of amides is 1. The minimum Gasteiger partial charge on any atom is -0.508 e. The van der Waals surface area contributed by atoms with E-state index in [0.29, 0.717) is 6.54 Å². The van der Waals surface area contributed by atoms with Gasteiger partial charge in [0.15, 0.2) is 0 Å². The number of benzene rings is 3. The van der Waals surface area contributed by atoms with Crippen LogP contribution in [0.15, 0.2) is 60.7 Å². The van der Waals surface area contributed by atoms with Crippen molar-refractivity contribution in [2.45, 2.75) is 13.0 Å². The molecule has 0 atom stereocenters. The highest BCUT2D eigenvalue weighted by Crippen LogP contribution is 2.26. The minimum absolute atomic E-state index is 0.0837. The van der Waals surface area contributed by atoms with Gasteiger partial charge in [0.25, 0.3) is 0 Å². The molecule has 0 unspecified atom stereocenters. The molecule has 0 aliphatic heterocycles. The summed E-state index contributed by atoms with van der Waals surface area (Å²) in [4.78, 5) is 15.4. The third-order valence-electron chi connectivity index (χ3n) is 4.42. The monoisotopic (exact) mass is 348 g/mol. The number of H-pyrrole nitrogens is 1. The molecular formula is C21H17FN2O2. The van der Waals surface area contributed by atoms with Gasteiger partial charge < -0.3 is 15.4 Å². The SMILES string of the molecule is O=C(Cc1ccc2c(c1)[nH]c1ccc(F)cc12)NCc1ccc(O)cc1. The molecule has 4 aromatic rings. The third-order valence-corrected chi connectivity index (χ3v) is 4.42. The number of hydrogen-bond donors (Lipinski definition) is 3. The van der Waals surface area contributed by atoms with Crippen molar-refractivity contribution >= 4 is 27.7 Å². The summed E-state index contributed by atoms with van der Waals surface area (Å²) in [7, 11) is 0. The zero-order valence-corrected chi connectivity index (χ0v) is 13.9. The van der Waals surface area contributed by atoms with Crippen LogP contribution >= 0.6 is 0 Å². The Morgan fingerprint density at radius 3 is 2.50 bits per heavy atom. The van der Waals surface area contributed by atoms with Crippen molar-refractivity contribution in [3.8, 4) is 5.75 Å². The molecule has 0 saturated carbocycles. The lowest BCUT2D eigenvalue weighted by Gasteiger charge is -2.06. The van der Waals surface area contributed by atoms with E-state index in [1.54, 1.807) is 30.3 Å². The fraction of sp³-hybridized carbons (Fsp3) is 0.0952. The number of phenolic OH excluding ortho intramolecular Hbond substituents is 1. The number of aromatic amines is 1. The largest absolute Gasteiger partial charge is 0.508 e. The Bertz CT molecular complexity index is 1100. The van der Waals surface area contributed by atoms with Crippen LogP contribution in [-0.4, -0.2) is 16.0 Å². The second-order valence-corrected chi connectivity index (χ2v) is 6.31. The van der Waals surface area contributed by atoms with Crippen molar-refractivity contribution < 1.29 is 14.3 Å². The van der Waals surface area contributed by atoms with Crippen LogP contribution in [0.1, 0.15) is 11.1 Å². The number of halogens is 1. The summed E-state index contributed by atoms with van der Waals surface area (Å²) in [6, 6.07) is 17.1. The van der Waals surface area contributed by atoms with Crippen LogP contribution in [0.5, 0.6) is 5.75 Å². The molecule has 4 nitrogen and oxygen atoms in total. The number of nitrogens with one attached hydrogen (secondary N) is 2. The van der Waals surface area contributed by atoms with Gasteiger partial charge in [0, 0.05) is 28.4 Å². The molecular weight excluding hydrogens is 331 g/mol. The molecule has 3 N–H and O–H groups in total. The topological polar surface area (TPSA) is 65.1 Å². The molecule has 4 rings (SSSR count). The summed E-state index contributed by atoms with van der Waals surface area (Å²) < 4.78 is 13.5. The van der Waals surface area contributed by atoms with Gasteiger partial charge in [0.05, 0.1) is 6.42 Å². The molecule has 1 heterocycles. The Kier molecular flexibility index (Phi) is 4.05. The maximum atomic E-state index is 13.5. The number of aromatic nitrogens is 1. The zero-order chi connectivity index (χ0) is 18.1. The Hall–Kier alpha value is -3.34. The molecule has 0 radical (unpaired) electrons. The second kappa shape index (κ2) is 6.52. The van der Waals surface area contributed by atoms with Crippen LogP contribution in [0.4, 0.5) is 4.39 Å². The minimum atomic E-state index is -0.268. The lowest BCUT2D eigenvalue weighted by Crippen LogP contribution is -2.24. The molecule has 0 bridgehead atoms. The van der Waals surface area contributed by atoms with Gasteiger partial charge in [-0.25, -0.2) is 4.39 Å². The van der Waals surface area contributed by atoms with Crippen LogP contribution in [0.25, 0.3) is 21.8 Å². The first-order valence-corrected chi connectivity index (χ1v) is 8.33. The van der Waals surface area contributed by atoms with Crippen LogP contribution in [0.3, 0.4) is 0 Å². The van der Waals surface area contributed by atoms with Crippen molar-refractivity contribution in [3.05, 3.63) is 77.6 Å². The highest BCUT2D eigenvalue weighted by molar-refractivity contribution is 6.07. The van der Waals surface area contributed by atoms with E-state index in [4.69, 9.17) is 0 Å². The lowest BCUT2D eigenvalue weighted by atomic mass is 10.1. The van der Waals surface area contributed by atoms with Crippen molar-refractivity contribution in [1.29, 1.82) is 0 Å². The van der Waals surface area contributed by atoms with E-state index in [1.807, 2.05) is 18.2 Å². The average Bonchev–Trinajstić information content (AvgIpc) is 2.98. The zero-order valence-electron chi connectivity index (χ0n) is 13.9. The molecule has 0 aliphatic carbocycles. The number of fused-ring (bicyclic) bond motifs is 3. The van der Waals surface area contributed by atoms with E-state index < -0.39 is 0 Å². The number of carbonyl (C=O) groups is 1. The van der Waals surface area contributed by atoms with Crippen LogP contribution in [0, 0.1) is 5.82 Å². The molecule has 0 saturated heterocycles. The highest BCUT2D eigenvalue weighted by Gasteiger charge is 2.08. The smallest absolute Gasteiger partial charge is 0.224 e. The normalized spacial score (nSPS) is 11.1. The van der Waals surface area contributed by atoms with E-state index in [2.05, 4.69) is 10.3 Å². The van der Waals surface area contributed by atoms with Crippen LogP contribution < -0.4 is 5.32 Å². The molecule has 0 fully saturated rings. The predicted octanol–water partition coefficient (Wildman–Crippen LogP) is 4.02. The number of hydrogen-bond acceptors (Lipinski definition) is 2. The van der Waals surface area contributed by atoms with E-state index in [9.17, 15) is 14.3 Å². The first kappa shape index (κ1) is 16.1. The molecule has 5 heteroatoms. The first-order chi connectivity index (χ1) is 12.6. The Balaban J connectivity index is 1.48. The standard InChI is InChI=1S/C21H17FN2O2/c22-15-4-8-19-18(11-15)17-7-3-14(9-20(17)24-19)10-21(26)23-12-13-1-5-16(25)6-2-13/h1-9,11,24-25H,10,12H2,(H,23,26). The van der Waals surface area contributed by atoms with Gasteiger partial charge in [-0.05, 0) is 47.5 Å². The first-order valence-electron chi connectivity index (χ1n) is 8.33. The highest BCUT2D eigenvalue weighted by atomic mass is 19.1. The molecule has 1 aromatic heterocycles. The fourth-order valence-corrected chi connectivity index (χ4v) is 3.10. The van der Waals surface area contributed by atoms with Gasteiger partial charge in [-0.2, -0.15) is 0 Å². The number of aromatic hydroxyl groups is 1. The third kappa shape index (κ3) is 3.24. The maximum Gasteiger partial charge on any atom is 0.224 e. The summed E-state index contributed by atoms with van der Waals surface area (Å²) in [6.07, 6.45) is 0.262. The Morgan fingerprint density at radius 1 is 0.923 bits per heavy atom. The van der Waals surface area contributed by atoms with Crippen molar-refractivity contribution in [3.63, 3.8) is 0 Å². The Morgan fingerprint density at radius 2 is 1.69 bits per heavy atom. The van der Waals surface area contributed by atoms with E-state index in [1.165, 1.54) is 12.1 Å². The number of phenols is 1. The molecule has 130 valence electrons. The summed E-state index contributed by atoms with van der Waals surface area (Å²) in [6.45, 7) is 0.410. The van der Waals surface area contributed by atoms with Crippen molar-refractivity contribution in [2.24, 2.45) is 0 Å². The van der Waals surface area contributed by atoms with Crippen LogP contribution in [0.2, 0.25) is 0 Å². The molecule has 26 heavy (non-hydrogen) atoms. The number of carbonyl (C=O) groups excluding carboxylic acids is 1. The quantitative estimate of drug-likeness (QED) is 0.521. The lowest BCUT2D eigenvalue weighted by molar-refractivity contribution is -0.120. The average molecular weight is 348 g/mol. The van der Waals surface area contributed by atoms with Crippen LogP contribution in [-0.2, 0) is 17.8 Å². The maximum absolute atomic E-state index is 13.5. The van der Waals surface area contributed by atoms with E-state index in [-0.39, 0.29) is 23.9 Å². The van der Waals surface area contributed by atoms with E-state index in [0.717, 1.165) is 32.9 Å². The summed E-state index contributed by atoms with van der Waals surface area (Å²) in [5.74, 6) is -0.151. The molecule has 1 amide bonds. The summed E-state index contributed by atoms with van der Waals surface area (Å²) in [5, 5.41) is 13.9. The van der Waals surface area contributed by atoms with Gasteiger partial charge in [-0.3, -0.25) is 4.79 Å². The van der Waals surface area contributed by atoms with Gasteiger partial charge in [0.2, 0.25) is 5.91 Å².